The van der Waals surface area contributed by atoms with Gasteiger partial charge in [0.1, 0.15) is 0 Å². The van der Waals surface area contributed by atoms with Gasteiger partial charge in [-0.15, -0.1) is 11.8 Å². The lowest BCUT2D eigenvalue weighted by atomic mass is 10.2. The van der Waals surface area contributed by atoms with Crippen molar-refractivity contribution < 1.29 is 15.0 Å². The molecule has 1 unspecified atom stereocenters. The predicted octanol–water partition coefficient (Wildman–Crippen LogP) is 0.464. The molecule has 0 aliphatic heterocycles. The number of hydrogen-bond donors (Lipinski definition) is 4. The van der Waals surface area contributed by atoms with E-state index in [1.807, 2.05) is 6.92 Å². The summed E-state index contributed by atoms with van der Waals surface area (Å²) >= 11 is 1.30. The van der Waals surface area contributed by atoms with Crippen LogP contribution in [0.4, 0.5) is 5.69 Å². The van der Waals surface area contributed by atoms with E-state index in [0.29, 0.717) is 28.4 Å². The molecule has 0 saturated carbocycles. The van der Waals surface area contributed by atoms with Gasteiger partial charge in [-0.25, -0.2) is 0 Å². The topological polar surface area (TPSA) is 95.6 Å². The standard InChI is InChI=1S/C12H18N2O3S/c1-2-14-12(17)10-4-3-8(13)5-11(10)18-7-9(16)6-15/h3-5,9,15-16H,2,6-7,13H2,1H3,(H,14,17). The van der Waals surface area contributed by atoms with Crippen LogP contribution in [-0.2, 0) is 0 Å². The minimum Gasteiger partial charge on any atom is -0.399 e. The van der Waals surface area contributed by atoms with E-state index in [4.69, 9.17) is 10.8 Å². The van der Waals surface area contributed by atoms with E-state index in [0.717, 1.165) is 0 Å². The van der Waals surface area contributed by atoms with Crippen LogP contribution in [0.5, 0.6) is 0 Å². The van der Waals surface area contributed by atoms with Gasteiger partial charge in [0.05, 0.1) is 18.3 Å². The van der Waals surface area contributed by atoms with Gasteiger partial charge < -0.3 is 21.3 Å². The smallest absolute Gasteiger partial charge is 0.252 e. The Bertz CT molecular complexity index is 412. The Morgan fingerprint density at radius 2 is 2.28 bits per heavy atom. The van der Waals surface area contributed by atoms with Crippen molar-refractivity contribution in [3.8, 4) is 0 Å². The van der Waals surface area contributed by atoms with Crippen molar-refractivity contribution in [1.29, 1.82) is 0 Å². The molecule has 0 aliphatic carbocycles. The minimum atomic E-state index is -0.807. The number of thioether (sulfide) groups is 1. The summed E-state index contributed by atoms with van der Waals surface area (Å²) < 4.78 is 0. The summed E-state index contributed by atoms with van der Waals surface area (Å²) in [5.41, 5.74) is 6.77. The van der Waals surface area contributed by atoms with Gasteiger partial charge >= 0.3 is 0 Å². The average molecular weight is 270 g/mol. The molecule has 1 aromatic carbocycles. The van der Waals surface area contributed by atoms with Crippen molar-refractivity contribution in [3.05, 3.63) is 23.8 Å². The molecule has 1 atom stereocenters. The molecule has 0 fully saturated rings. The number of nitrogens with two attached hydrogens (primary N) is 1. The molecule has 5 nitrogen and oxygen atoms in total. The van der Waals surface area contributed by atoms with Gasteiger partial charge in [-0.05, 0) is 25.1 Å². The molecule has 0 bridgehead atoms. The fourth-order valence-electron chi connectivity index (χ4n) is 1.34. The Labute approximate surface area is 110 Å². The number of rotatable bonds is 6. The quantitative estimate of drug-likeness (QED) is 0.445. The number of hydrogen-bond acceptors (Lipinski definition) is 5. The largest absolute Gasteiger partial charge is 0.399 e. The predicted molar refractivity (Wildman–Crippen MR) is 72.7 cm³/mol. The Hall–Kier alpha value is -1.24. The fourth-order valence-corrected chi connectivity index (χ4v) is 2.35. The number of nitrogens with one attached hydrogen (secondary N) is 1. The van der Waals surface area contributed by atoms with Gasteiger partial charge in [0.25, 0.3) is 5.91 Å². The molecule has 0 aliphatic rings. The highest BCUT2D eigenvalue weighted by Crippen LogP contribution is 2.26. The lowest BCUT2D eigenvalue weighted by Crippen LogP contribution is -2.23. The van der Waals surface area contributed by atoms with Gasteiger partial charge in [-0.1, -0.05) is 0 Å². The van der Waals surface area contributed by atoms with Crippen LogP contribution in [0.1, 0.15) is 17.3 Å². The van der Waals surface area contributed by atoms with E-state index in [-0.39, 0.29) is 12.5 Å². The molecule has 0 heterocycles. The summed E-state index contributed by atoms with van der Waals surface area (Å²) in [5.74, 6) is 0.144. The van der Waals surface area contributed by atoms with Crippen LogP contribution in [-0.4, -0.2) is 41.1 Å². The molecular weight excluding hydrogens is 252 g/mol. The molecule has 100 valence electrons. The second-order valence-corrected chi connectivity index (χ2v) is 4.82. The van der Waals surface area contributed by atoms with Crippen LogP contribution in [0.3, 0.4) is 0 Å². The number of aliphatic hydroxyl groups is 2. The van der Waals surface area contributed by atoms with Crippen molar-refractivity contribution in [2.24, 2.45) is 0 Å². The van der Waals surface area contributed by atoms with E-state index >= 15 is 0 Å². The number of benzene rings is 1. The molecule has 5 N–H and O–H groups in total. The molecule has 6 heteroatoms. The first-order valence-electron chi connectivity index (χ1n) is 5.68. The highest BCUT2D eigenvalue weighted by molar-refractivity contribution is 7.99. The zero-order chi connectivity index (χ0) is 13.5. The van der Waals surface area contributed by atoms with Crippen molar-refractivity contribution in [1.82, 2.24) is 5.32 Å². The molecule has 1 rings (SSSR count). The van der Waals surface area contributed by atoms with Gasteiger partial charge in [0.2, 0.25) is 0 Å². The maximum Gasteiger partial charge on any atom is 0.252 e. The second-order valence-electron chi connectivity index (χ2n) is 3.76. The highest BCUT2D eigenvalue weighted by Gasteiger charge is 2.13. The molecule has 0 aromatic heterocycles. The van der Waals surface area contributed by atoms with Crippen LogP contribution >= 0.6 is 11.8 Å². The first-order chi connectivity index (χ1) is 8.58. The Morgan fingerprint density at radius 1 is 1.56 bits per heavy atom. The third-order valence-electron chi connectivity index (χ3n) is 2.23. The average Bonchev–Trinajstić information content (AvgIpc) is 2.36. The third-order valence-corrected chi connectivity index (χ3v) is 3.43. The van der Waals surface area contributed by atoms with E-state index in [9.17, 15) is 9.90 Å². The lowest BCUT2D eigenvalue weighted by molar-refractivity contribution is 0.0952. The van der Waals surface area contributed by atoms with Gasteiger partial charge in [-0.2, -0.15) is 0 Å². The minimum absolute atomic E-state index is 0.168. The molecule has 0 saturated heterocycles. The molecule has 18 heavy (non-hydrogen) atoms. The van der Waals surface area contributed by atoms with Gasteiger partial charge in [0.15, 0.2) is 0 Å². The lowest BCUT2D eigenvalue weighted by Gasteiger charge is -2.11. The molecular formula is C12H18N2O3S. The Kier molecular flexibility index (Phi) is 5.97. The number of anilines is 1. The van der Waals surface area contributed by atoms with E-state index in [2.05, 4.69) is 5.32 Å². The number of carbonyl (C=O) groups is 1. The molecule has 1 aromatic rings. The van der Waals surface area contributed by atoms with E-state index in [1.54, 1.807) is 18.2 Å². The normalized spacial score (nSPS) is 12.2. The van der Waals surface area contributed by atoms with Crippen molar-refractivity contribution >= 4 is 23.4 Å². The van der Waals surface area contributed by atoms with Crippen LogP contribution in [0.2, 0.25) is 0 Å². The zero-order valence-corrected chi connectivity index (χ0v) is 11.0. The summed E-state index contributed by atoms with van der Waals surface area (Å²) in [5, 5.41) is 20.8. The van der Waals surface area contributed by atoms with Crippen LogP contribution < -0.4 is 11.1 Å². The first-order valence-corrected chi connectivity index (χ1v) is 6.66. The van der Waals surface area contributed by atoms with E-state index in [1.165, 1.54) is 11.8 Å². The summed E-state index contributed by atoms with van der Waals surface area (Å²) in [6.07, 6.45) is -0.807. The van der Waals surface area contributed by atoms with Crippen molar-refractivity contribution in [2.45, 2.75) is 17.9 Å². The highest BCUT2D eigenvalue weighted by atomic mass is 32.2. The summed E-state index contributed by atoms with van der Waals surface area (Å²) in [7, 11) is 0. The van der Waals surface area contributed by atoms with Crippen LogP contribution in [0.25, 0.3) is 0 Å². The first kappa shape index (κ1) is 14.8. The molecule has 0 radical (unpaired) electrons. The second kappa shape index (κ2) is 7.25. The maximum atomic E-state index is 11.8. The monoisotopic (exact) mass is 270 g/mol. The zero-order valence-electron chi connectivity index (χ0n) is 10.2. The summed E-state index contributed by atoms with van der Waals surface area (Å²) in [6, 6.07) is 5.02. The summed E-state index contributed by atoms with van der Waals surface area (Å²) in [4.78, 5) is 12.5. The Morgan fingerprint density at radius 3 is 2.89 bits per heavy atom. The number of amides is 1. The number of carbonyl (C=O) groups excluding carboxylic acids is 1. The maximum absolute atomic E-state index is 11.8. The molecule has 1 amide bonds. The third kappa shape index (κ3) is 4.21. The SMILES string of the molecule is CCNC(=O)c1ccc(N)cc1SCC(O)CO. The summed E-state index contributed by atoms with van der Waals surface area (Å²) in [6.45, 7) is 2.09. The number of aliphatic hydroxyl groups excluding tert-OH is 2. The van der Waals surface area contributed by atoms with Gasteiger partial charge in [0, 0.05) is 22.9 Å². The van der Waals surface area contributed by atoms with Crippen LogP contribution in [0.15, 0.2) is 23.1 Å². The van der Waals surface area contributed by atoms with Crippen molar-refractivity contribution in [3.63, 3.8) is 0 Å². The van der Waals surface area contributed by atoms with Crippen molar-refractivity contribution in [2.75, 3.05) is 24.6 Å². The van der Waals surface area contributed by atoms with E-state index < -0.39 is 6.10 Å². The number of nitrogen functional groups attached to an aromatic ring is 1. The fraction of sp³-hybridized carbons (Fsp3) is 0.417. The molecule has 0 spiro atoms. The van der Waals surface area contributed by atoms with Gasteiger partial charge in [-0.3, -0.25) is 4.79 Å². The van der Waals surface area contributed by atoms with Crippen LogP contribution in [0, 0.1) is 0 Å². The Balaban J connectivity index is 2.86.